The second-order valence-corrected chi connectivity index (χ2v) is 5.88. The quantitative estimate of drug-likeness (QED) is 0.718. The van der Waals surface area contributed by atoms with Gasteiger partial charge in [0.1, 0.15) is 5.69 Å². The molecule has 2 N–H and O–H groups in total. The maximum absolute atomic E-state index is 12.4. The van der Waals surface area contributed by atoms with Crippen molar-refractivity contribution in [1.29, 1.82) is 0 Å². The second kappa shape index (κ2) is 7.77. The van der Waals surface area contributed by atoms with Crippen molar-refractivity contribution in [3.8, 4) is 0 Å². The van der Waals surface area contributed by atoms with Gasteiger partial charge in [-0.1, -0.05) is 48.0 Å². The normalized spacial score (nSPS) is 10.3. The number of carbonyl (C=O) groups excluding carboxylic acids is 1. The average molecular weight is 353 g/mol. The molecule has 0 radical (unpaired) electrons. The Bertz CT molecular complexity index is 884. The van der Waals surface area contributed by atoms with Crippen molar-refractivity contribution in [3.63, 3.8) is 0 Å². The third-order valence-corrected chi connectivity index (χ3v) is 4.11. The lowest BCUT2D eigenvalue weighted by atomic mass is 10.2. The molecule has 0 bridgehead atoms. The van der Waals surface area contributed by atoms with Crippen LogP contribution in [0, 0.1) is 6.92 Å². The summed E-state index contributed by atoms with van der Waals surface area (Å²) in [5, 5.41) is 6.55. The van der Waals surface area contributed by atoms with Gasteiger partial charge in [0.15, 0.2) is 0 Å². The van der Waals surface area contributed by atoms with Crippen LogP contribution >= 0.6 is 11.6 Å². The van der Waals surface area contributed by atoms with E-state index >= 15 is 0 Å². The number of amides is 1. The van der Waals surface area contributed by atoms with Crippen LogP contribution in [0.3, 0.4) is 0 Å². The van der Waals surface area contributed by atoms with Gasteiger partial charge in [-0.2, -0.15) is 0 Å². The van der Waals surface area contributed by atoms with E-state index in [1.54, 1.807) is 30.5 Å². The van der Waals surface area contributed by atoms with E-state index in [2.05, 4.69) is 20.6 Å². The molecule has 5 nitrogen and oxygen atoms in total. The highest BCUT2D eigenvalue weighted by Gasteiger charge is 2.11. The molecule has 0 atom stereocenters. The Morgan fingerprint density at radius 3 is 2.68 bits per heavy atom. The maximum atomic E-state index is 12.4. The van der Waals surface area contributed by atoms with Gasteiger partial charge in [-0.15, -0.1) is 0 Å². The summed E-state index contributed by atoms with van der Waals surface area (Å²) in [6, 6.07) is 16.8. The van der Waals surface area contributed by atoms with Crippen LogP contribution in [-0.4, -0.2) is 15.9 Å². The van der Waals surface area contributed by atoms with Crippen LogP contribution in [-0.2, 0) is 6.54 Å². The number of aromatic nitrogens is 2. The minimum absolute atomic E-state index is 0.282. The highest BCUT2D eigenvalue weighted by atomic mass is 35.5. The number of hydrogen-bond acceptors (Lipinski definition) is 4. The standard InChI is InChI=1S/C19H17ClN4O/c1-13-15(20)8-5-9-16(13)23-18(25)17-10-11-21-19(24-17)22-12-14-6-3-2-4-7-14/h2-11H,12H2,1H3,(H,23,25)(H,21,22,24). The summed E-state index contributed by atoms with van der Waals surface area (Å²) in [5.74, 6) is 0.0925. The van der Waals surface area contributed by atoms with Crippen LogP contribution in [0.2, 0.25) is 5.02 Å². The summed E-state index contributed by atoms with van der Waals surface area (Å²) in [4.78, 5) is 20.9. The fourth-order valence-electron chi connectivity index (χ4n) is 2.28. The van der Waals surface area contributed by atoms with Crippen molar-refractivity contribution in [3.05, 3.63) is 82.6 Å². The van der Waals surface area contributed by atoms with Crippen molar-refractivity contribution in [2.45, 2.75) is 13.5 Å². The van der Waals surface area contributed by atoms with Gasteiger partial charge in [0.25, 0.3) is 5.91 Å². The van der Waals surface area contributed by atoms with Crippen molar-refractivity contribution >= 4 is 29.1 Å². The zero-order chi connectivity index (χ0) is 17.6. The van der Waals surface area contributed by atoms with Crippen molar-refractivity contribution in [2.75, 3.05) is 10.6 Å². The van der Waals surface area contributed by atoms with Crippen molar-refractivity contribution in [1.82, 2.24) is 9.97 Å². The number of nitrogens with zero attached hydrogens (tertiary/aromatic N) is 2. The molecule has 1 aromatic heterocycles. The predicted octanol–water partition coefficient (Wildman–Crippen LogP) is 4.30. The van der Waals surface area contributed by atoms with Gasteiger partial charge >= 0.3 is 0 Å². The number of hydrogen-bond donors (Lipinski definition) is 2. The molecule has 0 aliphatic heterocycles. The summed E-state index contributed by atoms with van der Waals surface area (Å²) >= 11 is 6.08. The molecule has 0 fully saturated rings. The fourth-order valence-corrected chi connectivity index (χ4v) is 2.45. The van der Waals surface area contributed by atoms with E-state index in [0.717, 1.165) is 11.1 Å². The van der Waals surface area contributed by atoms with E-state index in [9.17, 15) is 4.79 Å². The fraction of sp³-hybridized carbons (Fsp3) is 0.105. The summed E-state index contributed by atoms with van der Waals surface area (Å²) in [6.07, 6.45) is 1.56. The van der Waals surface area contributed by atoms with Crippen LogP contribution in [0.1, 0.15) is 21.6 Å². The van der Waals surface area contributed by atoms with E-state index in [1.807, 2.05) is 37.3 Å². The Morgan fingerprint density at radius 1 is 1.08 bits per heavy atom. The number of carbonyl (C=O) groups is 1. The smallest absolute Gasteiger partial charge is 0.274 e. The molecule has 126 valence electrons. The van der Waals surface area contributed by atoms with Crippen LogP contribution in [0.4, 0.5) is 11.6 Å². The molecule has 0 spiro atoms. The Balaban J connectivity index is 1.70. The minimum Gasteiger partial charge on any atom is -0.350 e. The van der Waals surface area contributed by atoms with E-state index in [4.69, 9.17) is 11.6 Å². The maximum Gasteiger partial charge on any atom is 0.274 e. The third kappa shape index (κ3) is 4.33. The van der Waals surface area contributed by atoms with Crippen molar-refractivity contribution in [2.24, 2.45) is 0 Å². The van der Waals surface area contributed by atoms with Crippen LogP contribution in [0.25, 0.3) is 0 Å². The first-order valence-corrected chi connectivity index (χ1v) is 8.18. The molecule has 1 amide bonds. The van der Waals surface area contributed by atoms with Gasteiger partial charge in [-0.25, -0.2) is 9.97 Å². The molecular formula is C19H17ClN4O. The average Bonchev–Trinajstić information content (AvgIpc) is 2.65. The van der Waals surface area contributed by atoms with Gasteiger partial charge in [-0.05, 0) is 36.2 Å². The monoisotopic (exact) mass is 352 g/mol. The molecule has 0 aliphatic rings. The lowest BCUT2D eigenvalue weighted by Gasteiger charge is -2.10. The predicted molar refractivity (Wildman–Crippen MR) is 99.9 cm³/mol. The number of rotatable bonds is 5. The zero-order valence-electron chi connectivity index (χ0n) is 13.7. The molecular weight excluding hydrogens is 336 g/mol. The molecule has 2 aromatic carbocycles. The third-order valence-electron chi connectivity index (χ3n) is 3.70. The lowest BCUT2D eigenvalue weighted by Crippen LogP contribution is -2.16. The molecule has 0 aliphatic carbocycles. The Kier molecular flexibility index (Phi) is 5.26. The van der Waals surface area contributed by atoms with Gasteiger partial charge < -0.3 is 10.6 Å². The summed E-state index contributed by atoms with van der Waals surface area (Å²) < 4.78 is 0. The molecule has 0 saturated carbocycles. The van der Waals surface area contributed by atoms with Gasteiger partial charge in [0.2, 0.25) is 5.95 Å². The molecule has 6 heteroatoms. The highest BCUT2D eigenvalue weighted by Crippen LogP contribution is 2.23. The summed E-state index contributed by atoms with van der Waals surface area (Å²) in [5.41, 5.74) is 2.87. The number of halogens is 1. The van der Waals surface area contributed by atoms with E-state index in [1.165, 1.54) is 0 Å². The SMILES string of the molecule is Cc1c(Cl)cccc1NC(=O)c1ccnc(NCc2ccccc2)n1. The Morgan fingerprint density at radius 2 is 1.88 bits per heavy atom. The lowest BCUT2D eigenvalue weighted by molar-refractivity contribution is 0.102. The van der Waals surface area contributed by atoms with E-state index in [-0.39, 0.29) is 11.6 Å². The van der Waals surface area contributed by atoms with E-state index in [0.29, 0.717) is 23.2 Å². The van der Waals surface area contributed by atoms with Crippen LogP contribution in [0.5, 0.6) is 0 Å². The van der Waals surface area contributed by atoms with Gasteiger partial charge in [-0.3, -0.25) is 4.79 Å². The number of anilines is 2. The van der Waals surface area contributed by atoms with Gasteiger partial charge in [0.05, 0.1) is 0 Å². The first-order valence-electron chi connectivity index (χ1n) is 7.81. The topological polar surface area (TPSA) is 66.9 Å². The molecule has 0 unspecified atom stereocenters. The van der Waals surface area contributed by atoms with Gasteiger partial charge in [0, 0.05) is 23.5 Å². The van der Waals surface area contributed by atoms with Crippen molar-refractivity contribution < 1.29 is 4.79 Å². The largest absolute Gasteiger partial charge is 0.350 e. The number of benzene rings is 2. The molecule has 3 rings (SSSR count). The Labute approximate surface area is 151 Å². The van der Waals surface area contributed by atoms with Crippen LogP contribution in [0.15, 0.2) is 60.8 Å². The molecule has 25 heavy (non-hydrogen) atoms. The summed E-state index contributed by atoms with van der Waals surface area (Å²) in [7, 11) is 0. The first kappa shape index (κ1) is 16.9. The molecule has 1 heterocycles. The molecule has 0 saturated heterocycles. The zero-order valence-corrected chi connectivity index (χ0v) is 14.4. The number of nitrogens with one attached hydrogen (secondary N) is 2. The summed E-state index contributed by atoms with van der Waals surface area (Å²) in [6.45, 7) is 2.43. The molecule has 3 aromatic rings. The Hall–Kier alpha value is -2.92. The minimum atomic E-state index is -0.310. The van der Waals surface area contributed by atoms with E-state index < -0.39 is 0 Å². The van der Waals surface area contributed by atoms with Crippen LogP contribution < -0.4 is 10.6 Å². The highest BCUT2D eigenvalue weighted by molar-refractivity contribution is 6.31. The first-order chi connectivity index (χ1) is 12.1. The second-order valence-electron chi connectivity index (χ2n) is 5.47.